The van der Waals surface area contributed by atoms with Gasteiger partial charge in [-0.15, -0.1) is 0 Å². The number of hydroxylamine groups is 2. The molecule has 0 saturated carbocycles. The average molecular weight is 305 g/mol. The van der Waals surface area contributed by atoms with Crippen molar-refractivity contribution in [2.75, 3.05) is 25.2 Å². The minimum Gasteiger partial charge on any atom is -0.396 e. The predicted octanol–water partition coefficient (Wildman–Crippen LogP) is 1.17. The maximum atomic E-state index is 10.6. The molecule has 1 heterocycles. The van der Waals surface area contributed by atoms with Crippen LogP contribution in [0.1, 0.15) is 39.0 Å². The van der Waals surface area contributed by atoms with Crippen molar-refractivity contribution in [1.29, 1.82) is 0 Å². The third-order valence-corrected chi connectivity index (χ3v) is 3.55. The molecule has 0 spiro atoms. The monoisotopic (exact) mass is 305 g/mol. The molecule has 0 aromatic rings. The number of amides is 2. The number of hydrogen-bond acceptors (Lipinski definition) is 6. The predicted molar refractivity (Wildman–Crippen MR) is 77.0 cm³/mol. The maximum absolute atomic E-state index is 10.6. The van der Waals surface area contributed by atoms with Crippen molar-refractivity contribution in [3.63, 3.8) is 0 Å². The molecule has 1 N–H and O–H groups in total. The van der Waals surface area contributed by atoms with Crippen molar-refractivity contribution in [3.05, 3.63) is 0 Å². The van der Waals surface area contributed by atoms with Crippen LogP contribution in [0.15, 0.2) is 0 Å². The van der Waals surface area contributed by atoms with Crippen molar-refractivity contribution in [2.24, 2.45) is 0 Å². The average Bonchev–Trinajstić information content (AvgIpc) is 2.73. The number of nitrogens with zero attached hydrogens (tertiary/aromatic N) is 1. The van der Waals surface area contributed by atoms with Crippen LogP contribution in [0.2, 0.25) is 0 Å². The molecule has 0 atom stereocenters. The first-order valence-electron chi connectivity index (χ1n) is 6.60. The lowest BCUT2D eigenvalue weighted by Gasteiger charge is -2.07. The molecule has 1 aliphatic rings. The highest BCUT2D eigenvalue weighted by molar-refractivity contribution is 7.99. The lowest BCUT2D eigenvalue weighted by molar-refractivity contribution is -0.179. The van der Waals surface area contributed by atoms with E-state index >= 15 is 0 Å². The van der Waals surface area contributed by atoms with E-state index in [4.69, 9.17) is 5.11 Å². The Bertz CT molecular complexity index is 306. The van der Waals surface area contributed by atoms with E-state index in [9.17, 15) is 14.4 Å². The van der Waals surface area contributed by atoms with Crippen LogP contribution < -0.4 is 0 Å². The molecule has 0 unspecified atom stereocenters. The van der Waals surface area contributed by atoms with E-state index in [1.807, 2.05) is 0 Å². The minimum atomic E-state index is -0.248. The van der Waals surface area contributed by atoms with Crippen LogP contribution >= 0.6 is 11.8 Å². The molecule has 6 nitrogen and oxygen atoms in total. The van der Waals surface area contributed by atoms with Crippen LogP contribution in [0.5, 0.6) is 0 Å². The molecular formula is C13H23NO5S. The van der Waals surface area contributed by atoms with E-state index in [1.54, 1.807) is 18.7 Å². The van der Waals surface area contributed by atoms with Crippen LogP contribution in [-0.4, -0.2) is 53.0 Å². The molecule has 20 heavy (non-hydrogen) atoms. The molecule has 0 aromatic carbocycles. The van der Waals surface area contributed by atoms with Gasteiger partial charge in [0.2, 0.25) is 0 Å². The lowest BCUT2D eigenvalue weighted by Crippen LogP contribution is -2.27. The molecule has 7 heteroatoms. The van der Waals surface area contributed by atoms with Crippen molar-refractivity contribution in [1.82, 2.24) is 5.06 Å². The zero-order valence-corrected chi connectivity index (χ0v) is 12.9. The Morgan fingerprint density at radius 1 is 1.25 bits per heavy atom. The van der Waals surface area contributed by atoms with Crippen molar-refractivity contribution >= 4 is 29.4 Å². The molecular weight excluding hydrogens is 282 g/mol. The highest BCUT2D eigenvalue weighted by Crippen LogP contribution is 2.10. The second kappa shape index (κ2) is 11.9. The van der Waals surface area contributed by atoms with Gasteiger partial charge in [-0.2, -0.15) is 16.8 Å². The summed E-state index contributed by atoms with van der Waals surface area (Å²) in [5, 5.41) is 9.24. The molecule has 0 radical (unpaired) electrons. The second-order valence-electron chi connectivity index (χ2n) is 4.26. The molecule has 0 bridgehead atoms. The summed E-state index contributed by atoms with van der Waals surface area (Å²) in [6.07, 6.45) is 3.19. The zero-order chi connectivity index (χ0) is 15.4. The van der Waals surface area contributed by atoms with Gasteiger partial charge in [0.15, 0.2) is 0 Å². The van der Waals surface area contributed by atoms with Gasteiger partial charge >= 0.3 is 0 Å². The van der Waals surface area contributed by atoms with Gasteiger partial charge in [-0.1, -0.05) is 0 Å². The van der Waals surface area contributed by atoms with Crippen molar-refractivity contribution in [2.45, 2.75) is 39.0 Å². The highest BCUT2D eigenvalue weighted by Gasteiger charge is 2.28. The normalized spacial score (nSPS) is 14.2. The summed E-state index contributed by atoms with van der Waals surface area (Å²) in [4.78, 5) is 36.1. The fourth-order valence-electron chi connectivity index (χ4n) is 1.39. The van der Waals surface area contributed by atoms with E-state index < -0.39 is 0 Å². The first-order valence-corrected chi connectivity index (χ1v) is 7.76. The van der Waals surface area contributed by atoms with Crippen LogP contribution in [0.4, 0.5) is 0 Å². The Morgan fingerprint density at radius 2 is 1.85 bits per heavy atom. The first kappa shape index (κ1) is 19.1. The Morgan fingerprint density at radius 3 is 2.25 bits per heavy atom. The molecule has 0 aromatic heterocycles. The second-order valence-corrected chi connectivity index (χ2v) is 5.48. The molecule has 1 rings (SSSR count). The van der Waals surface area contributed by atoms with Crippen molar-refractivity contribution < 1.29 is 24.3 Å². The molecule has 1 aliphatic heterocycles. The van der Waals surface area contributed by atoms with E-state index in [2.05, 4.69) is 4.84 Å². The summed E-state index contributed by atoms with van der Waals surface area (Å²) in [6, 6.07) is 0. The minimum absolute atomic E-state index is 0.248. The molecule has 0 aliphatic carbocycles. The molecule has 2 amide bonds. The number of Topliss-reactive ketones (excluding diaryl/α,β-unsaturated/α-hetero) is 1. The number of imide groups is 1. The van der Waals surface area contributed by atoms with Gasteiger partial charge in [0, 0.05) is 31.6 Å². The van der Waals surface area contributed by atoms with E-state index in [0.29, 0.717) is 6.42 Å². The largest absolute Gasteiger partial charge is 0.396 e. The van der Waals surface area contributed by atoms with Crippen LogP contribution in [0.25, 0.3) is 0 Å². The molecule has 116 valence electrons. The number of carbonyl (C=O) groups excluding carboxylic acids is 3. The SMILES string of the molecule is CC(=O)CCSCCCCO.CON1C(=O)CCC1=O. The fourth-order valence-corrected chi connectivity index (χ4v) is 2.44. The summed E-state index contributed by atoms with van der Waals surface area (Å²) in [7, 11) is 1.31. The quantitative estimate of drug-likeness (QED) is 0.535. The van der Waals surface area contributed by atoms with Gasteiger partial charge in [0.05, 0.1) is 7.11 Å². The Hall–Kier alpha value is -0.920. The summed E-state index contributed by atoms with van der Waals surface area (Å²) in [6.45, 7) is 1.90. The first-order chi connectivity index (χ1) is 9.52. The van der Waals surface area contributed by atoms with Crippen LogP contribution in [0.3, 0.4) is 0 Å². The van der Waals surface area contributed by atoms with Gasteiger partial charge in [0.1, 0.15) is 5.78 Å². The smallest absolute Gasteiger partial charge is 0.253 e. The third-order valence-electron chi connectivity index (χ3n) is 2.48. The van der Waals surface area contributed by atoms with Gasteiger partial charge in [-0.3, -0.25) is 19.2 Å². The summed E-state index contributed by atoms with van der Waals surface area (Å²) >= 11 is 1.79. The Kier molecular flexibility index (Phi) is 11.3. The number of rotatable bonds is 8. The number of aliphatic hydroxyl groups is 1. The van der Waals surface area contributed by atoms with Crippen molar-refractivity contribution in [3.8, 4) is 0 Å². The number of aliphatic hydroxyl groups excluding tert-OH is 1. The van der Waals surface area contributed by atoms with Crippen LogP contribution in [-0.2, 0) is 19.2 Å². The lowest BCUT2D eigenvalue weighted by atomic mass is 10.4. The molecule has 1 fully saturated rings. The maximum Gasteiger partial charge on any atom is 0.253 e. The third kappa shape index (κ3) is 9.06. The zero-order valence-electron chi connectivity index (χ0n) is 12.1. The number of thioether (sulfide) groups is 1. The number of hydrogen-bond donors (Lipinski definition) is 1. The van der Waals surface area contributed by atoms with Gasteiger partial charge in [-0.05, 0) is 25.5 Å². The summed E-state index contributed by atoms with van der Waals surface area (Å²) in [5.74, 6) is 1.76. The van der Waals surface area contributed by atoms with E-state index in [-0.39, 0.29) is 37.0 Å². The highest BCUT2D eigenvalue weighted by atomic mass is 32.2. The number of unbranched alkanes of at least 4 members (excludes halogenated alkanes) is 1. The van der Waals surface area contributed by atoms with E-state index in [0.717, 1.165) is 29.4 Å². The Balaban J connectivity index is 0.000000367. The topological polar surface area (TPSA) is 83.9 Å². The summed E-state index contributed by atoms with van der Waals surface area (Å²) in [5.41, 5.74) is 0. The van der Waals surface area contributed by atoms with Crippen LogP contribution in [0, 0.1) is 0 Å². The summed E-state index contributed by atoms with van der Waals surface area (Å²) < 4.78 is 0. The fraction of sp³-hybridized carbons (Fsp3) is 0.769. The van der Waals surface area contributed by atoms with Gasteiger partial charge < -0.3 is 5.11 Å². The number of carbonyl (C=O) groups is 3. The standard InChI is InChI=1S/C8H16O2S.C5H7NO3/c1-8(10)4-7-11-6-3-2-5-9;1-9-6-4(7)2-3-5(6)8/h9H,2-7H2,1H3;2-3H2,1H3. The number of ketones is 1. The van der Waals surface area contributed by atoms with Gasteiger partial charge in [0.25, 0.3) is 11.8 Å². The van der Waals surface area contributed by atoms with Gasteiger partial charge in [-0.25, -0.2) is 0 Å². The molecule has 1 saturated heterocycles. The Labute approximate surface area is 123 Å². The van der Waals surface area contributed by atoms with E-state index in [1.165, 1.54) is 7.11 Å².